The molecule has 21 heavy (non-hydrogen) atoms. The second-order valence-electron chi connectivity index (χ2n) is 6.74. The molecular formula is C19H31NO. The summed E-state index contributed by atoms with van der Waals surface area (Å²) in [7, 11) is 0. The lowest BCUT2D eigenvalue weighted by Gasteiger charge is -2.22. The first-order valence-corrected chi connectivity index (χ1v) is 8.64. The Bertz CT molecular complexity index is 379. The van der Waals surface area contributed by atoms with E-state index in [0.717, 1.165) is 32.0 Å². The maximum Gasteiger partial charge on any atom is 0.0720 e. The van der Waals surface area contributed by atoms with Crippen molar-refractivity contribution in [1.29, 1.82) is 0 Å². The SMILES string of the molecule is CC(C)CNCCc1ccc(COC2CCCCC2)cc1. The Labute approximate surface area is 130 Å². The van der Waals surface area contributed by atoms with Crippen LogP contribution in [0, 0.1) is 5.92 Å². The van der Waals surface area contributed by atoms with Crippen LogP contribution < -0.4 is 5.32 Å². The molecule has 0 heterocycles. The van der Waals surface area contributed by atoms with E-state index < -0.39 is 0 Å². The summed E-state index contributed by atoms with van der Waals surface area (Å²) < 4.78 is 6.02. The van der Waals surface area contributed by atoms with Crippen LogP contribution in [0.25, 0.3) is 0 Å². The second-order valence-corrected chi connectivity index (χ2v) is 6.74. The standard InChI is InChI=1S/C19H31NO/c1-16(2)14-20-13-12-17-8-10-18(11-9-17)15-21-19-6-4-3-5-7-19/h8-11,16,19-20H,3-7,12-15H2,1-2H3. The Kier molecular flexibility index (Phi) is 7.25. The summed E-state index contributed by atoms with van der Waals surface area (Å²) in [5, 5.41) is 3.49. The highest BCUT2D eigenvalue weighted by atomic mass is 16.5. The summed E-state index contributed by atoms with van der Waals surface area (Å²) in [6, 6.07) is 8.94. The first-order chi connectivity index (χ1) is 10.2. The Morgan fingerprint density at radius 3 is 2.38 bits per heavy atom. The lowest BCUT2D eigenvalue weighted by Crippen LogP contribution is -2.22. The highest BCUT2D eigenvalue weighted by molar-refractivity contribution is 5.22. The minimum Gasteiger partial charge on any atom is -0.374 e. The topological polar surface area (TPSA) is 21.3 Å². The molecule has 0 unspecified atom stereocenters. The molecule has 118 valence electrons. The van der Waals surface area contributed by atoms with Crippen LogP contribution in [-0.4, -0.2) is 19.2 Å². The lowest BCUT2D eigenvalue weighted by atomic mass is 9.98. The van der Waals surface area contributed by atoms with Crippen molar-refractivity contribution in [3.63, 3.8) is 0 Å². The van der Waals surface area contributed by atoms with Crippen molar-refractivity contribution in [2.24, 2.45) is 5.92 Å². The first kappa shape index (κ1) is 16.5. The third-order valence-electron chi connectivity index (χ3n) is 4.20. The van der Waals surface area contributed by atoms with Gasteiger partial charge in [-0.1, -0.05) is 57.4 Å². The fourth-order valence-corrected chi connectivity index (χ4v) is 2.87. The molecule has 1 fully saturated rings. The zero-order valence-electron chi connectivity index (χ0n) is 13.7. The van der Waals surface area contributed by atoms with Crippen LogP contribution in [0.4, 0.5) is 0 Å². The molecule has 1 saturated carbocycles. The van der Waals surface area contributed by atoms with E-state index in [0.29, 0.717) is 6.10 Å². The average molecular weight is 289 g/mol. The van der Waals surface area contributed by atoms with E-state index in [4.69, 9.17) is 4.74 Å². The van der Waals surface area contributed by atoms with Crippen molar-refractivity contribution in [2.45, 2.75) is 65.1 Å². The summed E-state index contributed by atoms with van der Waals surface area (Å²) >= 11 is 0. The minimum atomic E-state index is 0.499. The molecule has 1 N–H and O–H groups in total. The zero-order valence-corrected chi connectivity index (χ0v) is 13.7. The highest BCUT2D eigenvalue weighted by Crippen LogP contribution is 2.21. The van der Waals surface area contributed by atoms with Crippen LogP contribution in [0.2, 0.25) is 0 Å². The van der Waals surface area contributed by atoms with Gasteiger partial charge in [0, 0.05) is 0 Å². The number of hydrogen-bond donors (Lipinski definition) is 1. The molecule has 0 atom stereocenters. The van der Waals surface area contributed by atoms with Crippen molar-refractivity contribution in [3.05, 3.63) is 35.4 Å². The number of ether oxygens (including phenoxy) is 1. The maximum absolute atomic E-state index is 6.02. The van der Waals surface area contributed by atoms with Crippen molar-refractivity contribution in [1.82, 2.24) is 5.32 Å². The van der Waals surface area contributed by atoms with Gasteiger partial charge in [0.05, 0.1) is 12.7 Å². The van der Waals surface area contributed by atoms with Crippen LogP contribution in [-0.2, 0) is 17.8 Å². The maximum atomic E-state index is 6.02. The molecule has 2 nitrogen and oxygen atoms in total. The third-order valence-corrected chi connectivity index (χ3v) is 4.20. The van der Waals surface area contributed by atoms with Crippen LogP contribution in [0.5, 0.6) is 0 Å². The lowest BCUT2D eigenvalue weighted by molar-refractivity contribution is 0.0169. The van der Waals surface area contributed by atoms with Gasteiger partial charge in [-0.2, -0.15) is 0 Å². The van der Waals surface area contributed by atoms with E-state index >= 15 is 0 Å². The molecule has 0 aliphatic heterocycles. The van der Waals surface area contributed by atoms with Crippen LogP contribution in [0.1, 0.15) is 57.1 Å². The van der Waals surface area contributed by atoms with Gasteiger partial charge in [-0.15, -0.1) is 0 Å². The molecule has 0 radical (unpaired) electrons. The van der Waals surface area contributed by atoms with Gasteiger partial charge in [-0.3, -0.25) is 0 Å². The fraction of sp³-hybridized carbons (Fsp3) is 0.684. The van der Waals surface area contributed by atoms with Crippen LogP contribution in [0.15, 0.2) is 24.3 Å². The summed E-state index contributed by atoms with van der Waals surface area (Å²) in [4.78, 5) is 0. The van der Waals surface area contributed by atoms with Gasteiger partial charge in [0.2, 0.25) is 0 Å². The van der Waals surface area contributed by atoms with Gasteiger partial charge in [0.25, 0.3) is 0 Å². The molecule has 2 heteroatoms. The number of hydrogen-bond acceptors (Lipinski definition) is 2. The summed E-state index contributed by atoms with van der Waals surface area (Å²) in [5.41, 5.74) is 2.71. The van der Waals surface area contributed by atoms with Gasteiger partial charge in [-0.05, 0) is 49.4 Å². The monoisotopic (exact) mass is 289 g/mol. The smallest absolute Gasteiger partial charge is 0.0720 e. The van der Waals surface area contributed by atoms with Crippen LogP contribution in [0.3, 0.4) is 0 Å². The van der Waals surface area contributed by atoms with Crippen LogP contribution >= 0.6 is 0 Å². The number of nitrogens with one attached hydrogen (secondary N) is 1. The van der Waals surface area contributed by atoms with E-state index in [9.17, 15) is 0 Å². The average Bonchev–Trinajstić information content (AvgIpc) is 2.51. The summed E-state index contributed by atoms with van der Waals surface area (Å²) in [5.74, 6) is 0.726. The van der Waals surface area contributed by atoms with Gasteiger partial charge in [0.1, 0.15) is 0 Å². The van der Waals surface area contributed by atoms with E-state index in [2.05, 4.69) is 43.4 Å². The van der Waals surface area contributed by atoms with E-state index in [1.54, 1.807) is 0 Å². The molecule has 0 bridgehead atoms. The third kappa shape index (κ3) is 6.62. The quantitative estimate of drug-likeness (QED) is 0.719. The number of rotatable bonds is 8. The summed E-state index contributed by atoms with van der Waals surface area (Å²) in [6.07, 6.45) is 8.17. The predicted molar refractivity (Wildman–Crippen MR) is 89.5 cm³/mol. The molecule has 0 saturated heterocycles. The summed E-state index contributed by atoms with van der Waals surface area (Å²) in [6.45, 7) is 7.43. The molecule has 1 aliphatic rings. The van der Waals surface area contributed by atoms with Gasteiger partial charge < -0.3 is 10.1 Å². The van der Waals surface area contributed by atoms with Gasteiger partial charge in [-0.25, -0.2) is 0 Å². The van der Waals surface area contributed by atoms with E-state index in [1.807, 2.05) is 0 Å². The Morgan fingerprint density at radius 2 is 1.71 bits per heavy atom. The van der Waals surface area contributed by atoms with Gasteiger partial charge >= 0.3 is 0 Å². The molecule has 1 aromatic carbocycles. The number of benzene rings is 1. The Balaban J connectivity index is 1.66. The largest absolute Gasteiger partial charge is 0.374 e. The molecule has 0 spiro atoms. The van der Waals surface area contributed by atoms with E-state index in [1.165, 1.54) is 43.2 Å². The minimum absolute atomic E-state index is 0.499. The second kappa shape index (κ2) is 9.22. The van der Waals surface area contributed by atoms with Gasteiger partial charge in [0.15, 0.2) is 0 Å². The molecular weight excluding hydrogens is 258 g/mol. The van der Waals surface area contributed by atoms with Crippen molar-refractivity contribution in [3.8, 4) is 0 Å². The predicted octanol–water partition coefficient (Wildman–Crippen LogP) is 4.32. The molecule has 1 aliphatic carbocycles. The van der Waals surface area contributed by atoms with Crippen molar-refractivity contribution < 1.29 is 4.74 Å². The normalized spacial score (nSPS) is 16.5. The van der Waals surface area contributed by atoms with Crippen molar-refractivity contribution >= 4 is 0 Å². The first-order valence-electron chi connectivity index (χ1n) is 8.64. The van der Waals surface area contributed by atoms with Crippen molar-refractivity contribution in [2.75, 3.05) is 13.1 Å². The molecule has 1 aromatic rings. The molecule has 0 amide bonds. The molecule has 2 rings (SSSR count). The fourth-order valence-electron chi connectivity index (χ4n) is 2.87. The Hall–Kier alpha value is -0.860. The Morgan fingerprint density at radius 1 is 1.05 bits per heavy atom. The zero-order chi connectivity index (χ0) is 14.9. The van der Waals surface area contributed by atoms with E-state index in [-0.39, 0.29) is 0 Å². The molecule has 0 aromatic heterocycles. The highest BCUT2D eigenvalue weighted by Gasteiger charge is 2.13.